The molecule has 33 heavy (non-hydrogen) atoms. The number of hydrogen-bond acceptors (Lipinski definition) is 5. The molecule has 4 aliphatic carbocycles. The number of aromatic nitrogens is 2. The van der Waals surface area contributed by atoms with E-state index in [-0.39, 0.29) is 11.3 Å². The maximum absolute atomic E-state index is 13.1. The van der Waals surface area contributed by atoms with Crippen molar-refractivity contribution >= 4 is 40.3 Å². The molecular weight excluding hydrogens is 450 g/mol. The van der Waals surface area contributed by atoms with E-state index in [4.69, 9.17) is 22.1 Å². The fourth-order valence-electron chi connectivity index (χ4n) is 7.04. The quantitative estimate of drug-likeness (QED) is 0.422. The molecule has 4 bridgehead atoms. The first kappa shape index (κ1) is 21.6. The Morgan fingerprint density at radius 1 is 1.15 bits per heavy atom. The molecule has 0 N–H and O–H groups in total. The fourth-order valence-corrected chi connectivity index (χ4v) is 8.33. The number of benzene rings is 1. The van der Waals surface area contributed by atoms with Gasteiger partial charge in [-0.25, -0.2) is 4.68 Å². The smallest absolute Gasteiger partial charge is 0.266 e. The van der Waals surface area contributed by atoms with Gasteiger partial charge in [0.05, 0.1) is 29.4 Å². The highest BCUT2D eigenvalue weighted by Crippen LogP contribution is 2.61. The molecule has 2 aromatic rings. The predicted octanol–water partition coefficient (Wildman–Crippen LogP) is 5.19. The minimum Gasteiger partial charge on any atom is -0.383 e. The minimum absolute atomic E-state index is 0.0222. The average molecular weight is 480 g/mol. The van der Waals surface area contributed by atoms with Crippen molar-refractivity contribution in [3.63, 3.8) is 0 Å². The lowest BCUT2D eigenvalue weighted by Gasteiger charge is -2.56. The summed E-state index contributed by atoms with van der Waals surface area (Å²) >= 11 is 6.90. The van der Waals surface area contributed by atoms with Crippen molar-refractivity contribution < 1.29 is 9.53 Å². The van der Waals surface area contributed by atoms with Crippen LogP contribution >= 0.6 is 24.0 Å². The second-order valence-corrected chi connectivity index (χ2v) is 11.9. The van der Waals surface area contributed by atoms with Crippen LogP contribution in [0.2, 0.25) is 0 Å². The number of carbonyl (C=O) groups is 1. The molecule has 1 aliphatic heterocycles. The first-order chi connectivity index (χ1) is 16.0. The van der Waals surface area contributed by atoms with Gasteiger partial charge in [0.15, 0.2) is 0 Å². The number of amides is 1. The molecule has 0 radical (unpaired) electrons. The Morgan fingerprint density at radius 3 is 2.45 bits per heavy atom. The van der Waals surface area contributed by atoms with Crippen molar-refractivity contribution in [2.75, 3.05) is 20.3 Å². The summed E-state index contributed by atoms with van der Waals surface area (Å²) in [4.78, 5) is 15.5. The Morgan fingerprint density at radius 2 is 1.82 bits per heavy atom. The van der Waals surface area contributed by atoms with Gasteiger partial charge in [0.2, 0.25) is 0 Å². The number of methoxy groups -OCH3 is 1. The Labute approximate surface area is 204 Å². The number of ether oxygens (including phenoxy) is 1. The first-order valence-electron chi connectivity index (χ1n) is 11.9. The van der Waals surface area contributed by atoms with Crippen LogP contribution in [0.15, 0.2) is 41.4 Å². The summed E-state index contributed by atoms with van der Waals surface area (Å²) < 4.78 is 7.78. The minimum atomic E-state index is -0.0222. The van der Waals surface area contributed by atoms with Crippen LogP contribution in [0, 0.1) is 17.8 Å². The standard InChI is InChI=1S/C26H29N3O2S2/c1-31-8-7-28-24(30)22(33-25(28)32)12-20-16-29(21-5-3-2-4-6-21)27-23(20)26-13-17-9-18(14-26)11-19(10-17)15-26/h2-6,12,16-19H,7-11,13-15H2,1H3. The van der Waals surface area contributed by atoms with Gasteiger partial charge in [-0.3, -0.25) is 9.69 Å². The molecule has 7 heteroatoms. The van der Waals surface area contributed by atoms with Crippen LogP contribution in [0.4, 0.5) is 0 Å². The highest BCUT2D eigenvalue weighted by atomic mass is 32.2. The molecule has 2 heterocycles. The lowest BCUT2D eigenvalue weighted by molar-refractivity contribution is -0.122. The lowest BCUT2D eigenvalue weighted by atomic mass is 9.48. The molecule has 1 amide bonds. The Balaban J connectivity index is 1.42. The number of rotatable bonds is 6. The summed E-state index contributed by atoms with van der Waals surface area (Å²) in [5.74, 6) is 2.47. The van der Waals surface area contributed by atoms with Crippen LogP contribution in [0.3, 0.4) is 0 Å². The largest absolute Gasteiger partial charge is 0.383 e. The highest BCUT2D eigenvalue weighted by Gasteiger charge is 2.53. The van der Waals surface area contributed by atoms with Crippen LogP contribution < -0.4 is 0 Å². The monoisotopic (exact) mass is 479 g/mol. The summed E-state index contributed by atoms with van der Waals surface area (Å²) in [5, 5.41) is 5.21. The summed E-state index contributed by atoms with van der Waals surface area (Å²) in [7, 11) is 1.64. The average Bonchev–Trinajstić information content (AvgIpc) is 3.34. The molecule has 1 aromatic heterocycles. The third-order valence-corrected chi connectivity index (χ3v) is 9.36. The number of para-hydroxylation sites is 1. The van der Waals surface area contributed by atoms with Crippen LogP contribution in [-0.2, 0) is 14.9 Å². The molecular formula is C26H29N3O2S2. The molecule has 0 atom stereocenters. The summed E-state index contributed by atoms with van der Waals surface area (Å²) in [5.41, 5.74) is 3.46. The van der Waals surface area contributed by atoms with Gasteiger partial charge in [-0.1, -0.05) is 42.2 Å². The third kappa shape index (κ3) is 3.78. The van der Waals surface area contributed by atoms with Gasteiger partial charge in [-0.15, -0.1) is 0 Å². The normalized spacial score (nSPS) is 31.8. The van der Waals surface area contributed by atoms with Crippen LogP contribution in [-0.4, -0.2) is 45.2 Å². The Bertz CT molecular complexity index is 1090. The second kappa shape index (κ2) is 8.36. The molecule has 1 aromatic carbocycles. The van der Waals surface area contributed by atoms with Gasteiger partial charge in [0.25, 0.3) is 5.91 Å². The second-order valence-electron chi connectivity index (χ2n) is 10.2. The molecule has 1 saturated heterocycles. The van der Waals surface area contributed by atoms with Crippen molar-refractivity contribution in [3.8, 4) is 5.69 Å². The fraction of sp³-hybridized carbons (Fsp3) is 0.500. The van der Waals surface area contributed by atoms with Crippen molar-refractivity contribution in [3.05, 3.63) is 52.7 Å². The molecule has 7 rings (SSSR count). The third-order valence-electron chi connectivity index (χ3n) is 7.98. The number of thiocarbonyl (C=S) groups is 1. The number of nitrogens with zero attached hydrogens (tertiary/aromatic N) is 3. The van der Waals surface area contributed by atoms with Gasteiger partial charge >= 0.3 is 0 Å². The van der Waals surface area contributed by atoms with Crippen LogP contribution in [0.5, 0.6) is 0 Å². The van der Waals surface area contributed by atoms with Gasteiger partial charge in [0, 0.05) is 24.3 Å². The molecule has 5 nitrogen and oxygen atoms in total. The molecule has 5 fully saturated rings. The predicted molar refractivity (Wildman–Crippen MR) is 135 cm³/mol. The van der Waals surface area contributed by atoms with E-state index >= 15 is 0 Å². The van der Waals surface area contributed by atoms with E-state index < -0.39 is 0 Å². The van der Waals surface area contributed by atoms with Crippen LogP contribution in [0.1, 0.15) is 49.8 Å². The van der Waals surface area contributed by atoms with Gasteiger partial charge in [0.1, 0.15) is 4.32 Å². The summed E-state index contributed by atoms with van der Waals surface area (Å²) in [6.07, 6.45) is 12.1. The molecule has 5 aliphatic rings. The first-order valence-corrected chi connectivity index (χ1v) is 13.2. The highest BCUT2D eigenvalue weighted by molar-refractivity contribution is 8.26. The van der Waals surface area contributed by atoms with E-state index in [1.54, 1.807) is 12.0 Å². The molecule has 0 unspecified atom stereocenters. The maximum Gasteiger partial charge on any atom is 0.266 e. The van der Waals surface area contributed by atoms with E-state index in [1.807, 2.05) is 29.0 Å². The number of carbonyl (C=O) groups excluding carboxylic acids is 1. The Hall–Kier alpha value is -1.96. The SMILES string of the molecule is COCCN1C(=O)C(=Cc2cn(-c3ccccc3)nc2C23CC4CC(CC(C4)C2)C3)SC1=S. The van der Waals surface area contributed by atoms with Crippen molar-refractivity contribution in [1.82, 2.24) is 14.7 Å². The molecule has 0 spiro atoms. The van der Waals surface area contributed by atoms with Gasteiger partial charge in [-0.2, -0.15) is 5.10 Å². The Kier molecular flexibility index (Phi) is 5.46. The number of hydrogen-bond donors (Lipinski definition) is 0. The zero-order chi connectivity index (χ0) is 22.6. The topological polar surface area (TPSA) is 47.4 Å². The van der Waals surface area contributed by atoms with Crippen LogP contribution in [0.25, 0.3) is 11.8 Å². The van der Waals surface area contributed by atoms with Crippen molar-refractivity contribution in [1.29, 1.82) is 0 Å². The van der Waals surface area contributed by atoms with Crippen molar-refractivity contribution in [2.45, 2.75) is 43.9 Å². The zero-order valence-corrected chi connectivity index (χ0v) is 20.5. The van der Waals surface area contributed by atoms with E-state index in [2.05, 4.69) is 18.3 Å². The zero-order valence-electron chi connectivity index (χ0n) is 18.9. The summed E-state index contributed by atoms with van der Waals surface area (Å²) in [6.45, 7) is 0.966. The maximum atomic E-state index is 13.1. The van der Waals surface area contributed by atoms with E-state index in [9.17, 15) is 4.79 Å². The van der Waals surface area contributed by atoms with E-state index in [1.165, 1.54) is 56.0 Å². The van der Waals surface area contributed by atoms with E-state index in [0.29, 0.717) is 22.4 Å². The lowest BCUT2D eigenvalue weighted by Crippen LogP contribution is -2.49. The molecule has 172 valence electrons. The summed E-state index contributed by atoms with van der Waals surface area (Å²) in [6, 6.07) is 10.3. The van der Waals surface area contributed by atoms with E-state index in [0.717, 1.165) is 29.0 Å². The molecule has 4 saturated carbocycles. The number of thioether (sulfide) groups is 1. The van der Waals surface area contributed by atoms with Gasteiger partial charge in [-0.05, 0) is 74.5 Å². The van der Waals surface area contributed by atoms with Crippen molar-refractivity contribution in [2.24, 2.45) is 17.8 Å². The van der Waals surface area contributed by atoms with Gasteiger partial charge < -0.3 is 4.74 Å².